The van der Waals surface area contributed by atoms with Crippen LogP contribution in [-0.4, -0.2) is 16.1 Å². The smallest absolute Gasteiger partial charge is 0.263 e. The average Bonchev–Trinajstić information content (AvgIpc) is 2.99. The summed E-state index contributed by atoms with van der Waals surface area (Å²) in [5.74, 6) is 0.644. The van der Waals surface area contributed by atoms with Crippen molar-refractivity contribution < 1.29 is 0 Å². The third kappa shape index (κ3) is 3.18. The van der Waals surface area contributed by atoms with Gasteiger partial charge in [0.05, 0.1) is 5.39 Å². The summed E-state index contributed by atoms with van der Waals surface area (Å²) in [6, 6.07) is 7.83. The summed E-state index contributed by atoms with van der Waals surface area (Å²) in [6.07, 6.45) is 5.33. The van der Waals surface area contributed by atoms with Gasteiger partial charge < -0.3 is 5.32 Å². The number of aromatic nitrogens is 2. The maximum absolute atomic E-state index is 12.8. The molecule has 1 N–H and O–H groups in total. The van der Waals surface area contributed by atoms with Gasteiger partial charge in [-0.3, -0.25) is 9.36 Å². The van der Waals surface area contributed by atoms with Crippen LogP contribution in [-0.2, 0) is 26.3 Å². The fourth-order valence-electron chi connectivity index (χ4n) is 3.41. The third-order valence-electron chi connectivity index (χ3n) is 4.81. The van der Waals surface area contributed by atoms with E-state index in [0.29, 0.717) is 5.95 Å². The maximum Gasteiger partial charge on any atom is 0.263 e. The Morgan fingerprint density at radius 2 is 2.00 bits per heavy atom. The van der Waals surface area contributed by atoms with Crippen molar-refractivity contribution in [2.75, 3.05) is 11.9 Å². The van der Waals surface area contributed by atoms with Gasteiger partial charge in [-0.2, -0.15) is 0 Å². The minimum Gasteiger partial charge on any atom is -0.355 e. The lowest BCUT2D eigenvalue weighted by atomic mass is 9.97. The topological polar surface area (TPSA) is 46.9 Å². The van der Waals surface area contributed by atoms with Crippen molar-refractivity contribution in [2.45, 2.75) is 32.1 Å². The molecule has 25 heavy (non-hydrogen) atoms. The normalized spacial score (nSPS) is 13.8. The summed E-state index contributed by atoms with van der Waals surface area (Å²) in [6.45, 7) is 0.721. The number of anilines is 1. The molecule has 4 rings (SSSR count). The number of thiophene rings is 1. The molecule has 0 atom stereocenters. The molecule has 0 unspecified atom stereocenters. The minimum absolute atomic E-state index is 0.0680. The number of hydrogen-bond acceptors (Lipinski definition) is 4. The van der Waals surface area contributed by atoms with Crippen LogP contribution in [0.5, 0.6) is 0 Å². The van der Waals surface area contributed by atoms with E-state index in [1.807, 2.05) is 24.3 Å². The van der Waals surface area contributed by atoms with Crippen molar-refractivity contribution in [3.8, 4) is 0 Å². The van der Waals surface area contributed by atoms with Crippen LogP contribution >= 0.6 is 22.9 Å². The second-order valence-electron chi connectivity index (χ2n) is 6.49. The van der Waals surface area contributed by atoms with Crippen molar-refractivity contribution >= 4 is 39.1 Å². The van der Waals surface area contributed by atoms with Gasteiger partial charge in [0, 0.05) is 23.5 Å². The molecule has 1 aliphatic rings. The molecule has 0 aliphatic heterocycles. The SMILES string of the molecule is Cn1c(NCCc2ccc(Cl)cc2)nc2sc3c(c2c1=O)CCCC3. The first-order valence-electron chi connectivity index (χ1n) is 8.63. The molecule has 2 aromatic heterocycles. The lowest BCUT2D eigenvalue weighted by Crippen LogP contribution is -2.23. The van der Waals surface area contributed by atoms with Gasteiger partial charge in [0.2, 0.25) is 5.95 Å². The largest absolute Gasteiger partial charge is 0.355 e. The van der Waals surface area contributed by atoms with E-state index >= 15 is 0 Å². The molecule has 0 amide bonds. The first-order valence-corrected chi connectivity index (χ1v) is 9.82. The molecule has 0 saturated carbocycles. The summed E-state index contributed by atoms with van der Waals surface area (Å²) in [5.41, 5.74) is 2.51. The van der Waals surface area contributed by atoms with E-state index in [2.05, 4.69) is 5.32 Å². The number of nitrogens with zero attached hydrogens (tertiary/aromatic N) is 2. The molecule has 1 aromatic carbocycles. The summed E-state index contributed by atoms with van der Waals surface area (Å²) in [7, 11) is 1.80. The Balaban J connectivity index is 1.58. The Kier molecular flexibility index (Phi) is 4.52. The molecule has 130 valence electrons. The Hall–Kier alpha value is -1.85. The molecule has 3 aromatic rings. The van der Waals surface area contributed by atoms with Gasteiger partial charge in [0.25, 0.3) is 5.56 Å². The van der Waals surface area contributed by atoms with E-state index in [9.17, 15) is 4.79 Å². The molecule has 0 radical (unpaired) electrons. The second-order valence-corrected chi connectivity index (χ2v) is 8.01. The zero-order chi connectivity index (χ0) is 17.4. The van der Waals surface area contributed by atoms with E-state index < -0.39 is 0 Å². The van der Waals surface area contributed by atoms with Crippen LogP contribution in [0.25, 0.3) is 10.2 Å². The Labute approximate surface area is 155 Å². The monoisotopic (exact) mass is 373 g/mol. The molecule has 4 nitrogen and oxygen atoms in total. The van der Waals surface area contributed by atoms with Crippen molar-refractivity contribution in [1.82, 2.24) is 9.55 Å². The first kappa shape index (κ1) is 16.6. The van der Waals surface area contributed by atoms with E-state index in [1.165, 1.54) is 28.8 Å². The van der Waals surface area contributed by atoms with E-state index in [1.54, 1.807) is 23.0 Å². The quantitative estimate of drug-likeness (QED) is 0.746. The van der Waals surface area contributed by atoms with Gasteiger partial charge in [-0.25, -0.2) is 4.98 Å². The van der Waals surface area contributed by atoms with Crippen LogP contribution in [0.1, 0.15) is 28.8 Å². The highest BCUT2D eigenvalue weighted by atomic mass is 35.5. The van der Waals surface area contributed by atoms with Crippen LogP contribution in [0.2, 0.25) is 5.02 Å². The van der Waals surface area contributed by atoms with Gasteiger partial charge in [-0.15, -0.1) is 11.3 Å². The summed E-state index contributed by atoms with van der Waals surface area (Å²) >= 11 is 7.60. The lowest BCUT2D eigenvalue weighted by Gasteiger charge is -2.12. The molecule has 6 heteroatoms. The highest BCUT2D eigenvalue weighted by molar-refractivity contribution is 7.18. The highest BCUT2D eigenvalue weighted by Crippen LogP contribution is 2.34. The Bertz CT molecular complexity index is 975. The second kappa shape index (κ2) is 6.81. The van der Waals surface area contributed by atoms with Crippen molar-refractivity contribution in [2.24, 2.45) is 7.05 Å². The number of rotatable bonds is 4. The fourth-order valence-corrected chi connectivity index (χ4v) is 4.79. The molecular weight excluding hydrogens is 354 g/mol. The van der Waals surface area contributed by atoms with Crippen molar-refractivity contribution in [1.29, 1.82) is 0 Å². The summed E-state index contributed by atoms with van der Waals surface area (Å²) in [4.78, 5) is 19.8. The molecular formula is C19H20ClN3OS. The number of aryl methyl sites for hydroxylation is 2. The van der Waals surface area contributed by atoms with E-state index in [-0.39, 0.29) is 5.56 Å². The third-order valence-corrected chi connectivity index (χ3v) is 6.24. The molecule has 0 saturated heterocycles. The number of benzene rings is 1. The number of halogens is 1. The zero-order valence-electron chi connectivity index (χ0n) is 14.1. The van der Waals surface area contributed by atoms with Crippen LogP contribution in [0.3, 0.4) is 0 Å². The van der Waals surface area contributed by atoms with Crippen LogP contribution < -0.4 is 10.9 Å². The summed E-state index contributed by atoms with van der Waals surface area (Å²) in [5, 5.41) is 4.90. The standard InChI is InChI=1S/C19H20ClN3OS/c1-23-18(24)16-14-4-2-3-5-15(14)25-17(16)22-19(23)21-11-10-12-6-8-13(20)9-7-12/h6-9H,2-5,10-11H2,1H3,(H,21,22). The molecule has 0 spiro atoms. The number of hydrogen-bond donors (Lipinski definition) is 1. The van der Waals surface area contributed by atoms with Crippen molar-refractivity contribution in [3.05, 3.63) is 55.6 Å². The molecule has 1 aliphatic carbocycles. The first-order chi connectivity index (χ1) is 12.1. The summed E-state index contributed by atoms with van der Waals surface area (Å²) < 4.78 is 1.64. The van der Waals surface area contributed by atoms with Gasteiger partial charge in [-0.05, 0) is 55.4 Å². The maximum atomic E-state index is 12.8. The highest BCUT2D eigenvalue weighted by Gasteiger charge is 2.20. The minimum atomic E-state index is 0.0680. The fraction of sp³-hybridized carbons (Fsp3) is 0.368. The van der Waals surface area contributed by atoms with Gasteiger partial charge in [-0.1, -0.05) is 23.7 Å². The molecule has 0 bridgehead atoms. The van der Waals surface area contributed by atoms with Gasteiger partial charge in [0.15, 0.2) is 0 Å². The van der Waals surface area contributed by atoms with E-state index in [4.69, 9.17) is 16.6 Å². The van der Waals surface area contributed by atoms with Crippen LogP contribution in [0.4, 0.5) is 5.95 Å². The van der Waals surface area contributed by atoms with Crippen LogP contribution in [0, 0.1) is 0 Å². The van der Waals surface area contributed by atoms with Crippen molar-refractivity contribution in [3.63, 3.8) is 0 Å². The van der Waals surface area contributed by atoms with Gasteiger partial charge in [0.1, 0.15) is 4.83 Å². The predicted octanol–water partition coefficient (Wildman–Crippen LogP) is 4.18. The number of fused-ring (bicyclic) bond motifs is 3. The lowest BCUT2D eigenvalue weighted by molar-refractivity contribution is 0.699. The number of nitrogens with one attached hydrogen (secondary N) is 1. The van der Waals surface area contributed by atoms with Gasteiger partial charge >= 0.3 is 0 Å². The van der Waals surface area contributed by atoms with E-state index in [0.717, 1.165) is 41.0 Å². The Morgan fingerprint density at radius 1 is 1.24 bits per heavy atom. The zero-order valence-corrected chi connectivity index (χ0v) is 15.7. The molecule has 0 fully saturated rings. The van der Waals surface area contributed by atoms with Crippen LogP contribution in [0.15, 0.2) is 29.1 Å². The molecule has 2 heterocycles. The Morgan fingerprint density at radius 3 is 2.80 bits per heavy atom. The average molecular weight is 374 g/mol. The predicted molar refractivity (Wildman–Crippen MR) is 105 cm³/mol.